The topological polar surface area (TPSA) is 62.2 Å². The lowest BCUT2D eigenvalue weighted by molar-refractivity contribution is 0.292. The molecule has 0 saturated carbocycles. The molecule has 25 heavy (non-hydrogen) atoms. The smallest absolute Gasteiger partial charge is 0.196 e. The summed E-state index contributed by atoms with van der Waals surface area (Å²) in [5, 5.41) is 13.9. The molecule has 4 nitrogen and oxygen atoms in total. The number of nitrogens with one attached hydrogen (secondary N) is 1. The largest absolute Gasteiger partial charge is 0.396 e. The molecule has 2 N–H and O–H groups in total. The molecule has 0 bridgehead atoms. The van der Waals surface area contributed by atoms with Crippen LogP contribution >= 0.6 is 11.3 Å². The average Bonchev–Trinajstić information content (AvgIpc) is 2.62. The van der Waals surface area contributed by atoms with Gasteiger partial charge in [0.2, 0.25) is 0 Å². The molecule has 4 rings (SSSR count). The van der Waals surface area contributed by atoms with E-state index in [-0.39, 0.29) is 12.0 Å². The van der Waals surface area contributed by atoms with Crippen LogP contribution in [-0.4, -0.2) is 23.2 Å². The Balaban J connectivity index is 2.12. The van der Waals surface area contributed by atoms with Crippen molar-refractivity contribution in [2.75, 3.05) is 18.5 Å². The van der Waals surface area contributed by atoms with Crippen LogP contribution in [0.2, 0.25) is 0 Å². The normalized spacial score (nSPS) is 11.4. The lowest BCUT2D eigenvalue weighted by atomic mass is 10.1. The Hall–Kier alpha value is -2.57. The number of hydrogen-bond acceptors (Lipinski definition) is 5. The number of rotatable bonds is 4. The molecule has 2 aromatic carbocycles. The predicted molar refractivity (Wildman–Crippen MR) is 101 cm³/mol. The summed E-state index contributed by atoms with van der Waals surface area (Å²) in [5.41, 5.74) is 0.522. The fourth-order valence-electron chi connectivity index (χ4n) is 2.94. The Morgan fingerprint density at radius 1 is 1.16 bits per heavy atom. The third-order valence-corrected chi connectivity index (χ3v) is 5.28. The molecule has 0 aliphatic heterocycles. The molecule has 0 unspecified atom stereocenters. The molecular formula is C19H15FN2O2S. The van der Waals surface area contributed by atoms with Crippen LogP contribution in [0.5, 0.6) is 0 Å². The van der Waals surface area contributed by atoms with E-state index in [1.165, 1.54) is 23.5 Å². The van der Waals surface area contributed by atoms with Crippen molar-refractivity contribution >= 4 is 48.2 Å². The Kier molecular flexibility index (Phi) is 4.07. The van der Waals surface area contributed by atoms with Gasteiger partial charge in [-0.15, -0.1) is 11.3 Å². The van der Waals surface area contributed by atoms with E-state index in [4.69, 9.17) is 5.11 Å². The third-order valence-electron chi connectivity index (χ3n) is 4.10. The maximum Gasteiger partial charge on any atom is 0.196 e. The van der Waals surface area contributed by atoms with Crippen molar-refractivity contribution in [1.82, 2.24) is 4.98 Å². The van der Waals surface area contributed by atoms with Crippen molar-refractivity contribution in [3.8, 4) is 0 Å². The van der Waals surface area contributed by atoms with Gasteiger partial charge in [-0.25, -0.2) is 9.37 Å². The van der Waals surface area contributed by atoms with Crippen LogP contribution in [0.4, 0.5) is 10.2 Å². The van der Waals surface area contributed by atoms with E-state index in [1.54, 1.807) is 6.07 Å². The van der Waals surface area contributed by atoms with Gasteiger partial charge in [0.05, 0.1) is 15.6 Å². The number of para-hydroxylation sites is 1. The Labute approximate surface area is 146 Å². The van der Waals surface area contributed by atoms with Gasteiger partial charge in [-0.1, -0.05) is 18.2 Å². The Morgan fingerprint density at radius 3 is 2.84 bits per heavy atom. The molecule has 0 aliphatic carbocycles. The number of benzene rings is 2. The van der Waals surface area contributed by atoms with E-state index in [9.17, 15) is 9.18 Å². The number of nitrogens with zero attached hydrogens (tertiary/aromatic N) is 1. The van der Waals surface area contributed by atoms with E-state index in [1.807, 2.05) is 24.3 Å². The highest BCUT2D eigenvalue weighted by atomic mass is 32.1. The first-order chi connectivity index (χ1) is 12.2. The zero-order valence-electron chi connectivity index (χ0n) is 13.3. The highest BCUT2D eigenvalue weighted by molar-refractivity contribution is 7.25. The minimum Gasteiger partial charge on any atom is -0.396 e. The van der Waals surface area contributed by atoms with Crippen molar-refractivity contribution in [1.29, 1.82) is 0 Å². The number of pyridine rings is 1. The zero-order chi connectivity index (χ0) is 17.4. The van der Waals surface area contributed by atoms with Crippen LogP contribution in [-0.2, 0) is 0 Å². The summed E-state index contributed by atoms with van der Waals surface area (Å²) in [7, 11) is 0. The summed E-state index contributed by atoms with van der Waals surface area (Å²) < 4.78 is 15.1. The van der Waals surface area contributed by atoms with Crippen molar-refractivity contribution < 1.29 is 9.50 Å². The summed E-state index contributed by atoms with van der Waals surface area (Å²) in [6.07, 6.45) is 0.587. The second kappa shape index (κ2) is 6.38. The fourth-order valence-corrected chi connectivity index (χ4v) is 4.07. The first-order valence-electron chi connectivity index (χ1n) is 7.98. The molecule has 0 radical (unpaired) electrons. The number of fused-ring (bicyclic) bond motifs is 4. The number of anilines is 1. The third kappa shape index (κ3) is 2.73. The minimum absolute atomic E-state index is 0.0803. The van der Waals surface area contributed by atoms with E-state index >= 15 is 0 Å². The van der Waals surface area contributed by atoms with Crippen molar-refractivity contribution in [3.63, 3.8) is 0 Å². The number of aliphatic hydroxyl groups is 1. The lowest BCUT2D eigenvalue weighted by Gasteiger charge is -2.11. The van der Waals surface area contributed by atoms with Gasteiger partial charge in [0.1, 0.15) is 11.6 Å². The Morgan fingerprint density at radius 2 is 2.00 bits per heavy atom. The summed E-state index contributed by atoms with van der Waals surface area (Å²) in [5.74, 6) is 0.200. The van der Waals surface area contributed by atoms with Crippen LogP contribution in [0.3, 0.4) is 0 Å². The highest BCUT2D eigenvalue weighted by Crippen LogP contribution is 2.34. The van der Waals surface area contributed by atoms with Crippen LogP contribution in [0.25, 0.3) is 31.1 Å². The quantitative estimate of drug-likeness (QED) is 0.331. The second-order valence-electron chi connectivity index (χ2n) is 5.76. The lowest BCUT2D eigenvalue weighted by Crippen LogP contribution is -2.08. The molecule has 4 aromatic rings. The molecule has 0 amide bonds. The molecule has 0 saturated heterocycles. The first-order valence-corrected chi connectivity index (χ1v) is 8.80. The first kappa shape index (κ1) is 15.9. The van der Waals surface area contributed by atoms with Gasteiger partial charge in [0, 0.05) is 28.6 Å². The van der Waals surface area contributed by atoms with Crippen LogP contribution in [0.1, 0.15) is 6.42 Å². The van der Waals surface area contributed by atoms with Gasteiger partial charge < -0.3 is 10.4 Å². The SMILES string of the molecule is O=c1c2cc(F)ccc2sc2c(NCCCO)nc3ccccc3c12. The molecule has 2 aromatic heterocycles. The average molecular weight is 354 g/mol. The molecule has 6 heteroatoms. The van der Waals surface area contributed by atoms with Crippen LogP contribution in [0, 0.1) is 5.82 Å². The molecule has 126 valence electrons. The van der Waals surface area contributed by atoms with Crippen LogP contribution in [0.15, 0.2) is 47.3 Å². The van der Waals surface area contributed by atoms with Gasteiger partial charge >= 0.3 is 0 Å². The van der Waals surface area contributed by atoms with Gasteiger partial charge in [-0.2, -0.15) is 0 Å². The Bertz CT molecular complexity index is 1160. The van der Waals surface area contributed by atoms with Gasteiger partial charge in [-0.05, 0) is 30.7 Å². The summed E-state index contributed by atoms with van der Waals surface area (Å²) in [6, 6.07) is 11.7. The number of aliphatic hydroxyl groups excluding tert-OH is 1. The van der Waals surface area contributed by atoms with E-state index in [0.717, 1.165) is 14.8 Å². The van der Waals surface area contributed by atoms with Crippen molar-refractivity contribution in [2.24, 2.45) is 0 Å². The molecular weight excluding hydrogens is 339 g/mol. The maximum atomic E-state index is 13.6. The monoisotopic (exact) mass is 354 g/mol. The number of aromatic nitrogens is 1. The number of halogens is 1. The van der Waals surface area contributed by atoms with E-state index in [0.29, 0.717) is 35.1 Å². The maximum absolute atomic E-state index is 13.6. The standard InChI is InChI=1S/C19H15FN2O2S/c20-11-6-7-15-13(10-11)17(24)16-12-4-1-2-5-14(12)22-19(18(16)25-15)21-8-3-9-23/h1-2,4-7,10,23H,3,8-9H2,(H,21,22). The van der Waals surface area contributed by atoms with Crippen molar-refractivity contribution in [3.05, 3.63) is 58.5 Å². The summed E-state index contributed by atoms with van der Waals surface area (Å²) in [4.78, 5) is 17.7. The van der Waals surface area contributed by atoms with Crippen LogP contribution < -0.4 is 10.7 Å². The summed E-state index contributed by atoms with van der Waals surface area (Å²) >= 11 is 1.42. The van der Waals surface area contributed by atoms with Gasteiger partial charge in [0.25, 0.3) is 0 Å². The van der Waals surface area contributed by atoms with E-state index in [2.05, 4.69) is 10.3 Å². The minimum atomic E-state index is -0.421. The highest BCUT2D eigenvalue weighted by Gasteiger charge is 2.15. The molecule has 0 fully saturated rings. The predicted octanol–water partition coefficient (Wildman–Crippen LogP) is 3.90. The van der Waals surface area contributed by atoms with Gasteiger partial charge in [-0.3, -0.25) is 4.79 Å². The van der Waals surface area contributed by atoms with E-state index < -0.39 is 5.82 Å². The second-order valence-corrected chi connectivity index (χ2v) is 6.81. The zero-order valence-corrected chi connectivity index (χ0v) is 14.1. The number of hydrogen-bond donors (Lipinski definition) is 2. The molecule has 0 atom stereocenters. The molecule has 2 heterocycles. The molecule has 0 aliphatic rings. The van der Waals surface area contributed by atoms with Gasteiger partial charge in [0.15, 0.2) is 5.43 Å². The fraction of sp³-hybridized carbons (Fsp3) is 0.158. The molecule has 0 spiro atoms. The van der Waals surface area contributed by atoms with Crippen molar-refractivity contribution in [2.45, 2.75) is 6.42 Å². The summed E-state index contributed by atoms with van der Waals surface area (Å²) in [6.45, 7) is 0.635.